The first-order valence-corrected chi connectivity index (χ1v) is 1.91. The van der Waals surface area contributed by atoms with E-state index in [0.717, 1.165) is 6.21 Å². The molecule has 3 nitrogen and oxygen atoms in total. The first-order chi connectivity index (χ1) is 3.12. The summed E-state index contributed by atoms with van der Waals surface area (Å²) in [5, 5.41) is 15.2. The van der Waals surface area contributed by atoms with E-state index in [1.165, 1.54) is 14.0 Å². The number of aliphatic hydroxyl groups is 1. The molecule has 0 aliphatic rings. The Labute approximate surface area is 42.4 Å². The van der Waals surface area contributed by atoms with Gasteiger partial charge in [0.1, 0.15) is 0 Å². The zero-order chi connectivity index (χ0) is 5.91. The van der Waals surface area contributed by atoms with Crippen molar-refractivity contribution in [2.45, 2.75) is 12.7 Å². The molecule has 7 heavy (non-hydrogen) atoms. The van der Waals surface area contributed by atoms with E-state index < -0.39 is 5.79 Å². The van der Waals surface area contributed by atoms with Crippen molar-refractivity contribution in [1.29, 1.82) is 5.41 Å². The normalized spacial score (nSPS) is 18.1. The molecule has 0 spiro atoms. The second-order valence-corrected chi connectivity index (χ2v) is 1.40. The molecular formula is C4H9NO2. The first kappa shape index (κ1) is 6.59. The van der Waals surface area contributed by atoms with Crippen LogP contribution < -0.4 is 0 Å². The molecule has 0 aromatic carbocycles. The Morgan fingerprint density at radius 3 is 2.29 bits per heavy atom. The van der Waals surface area contributed by atoms with Crippen LogP contribution in [-0.4, -0.2) is 24.2 Å². The lowest BCUT2D eigenvalue weighted by Gasteiger charge is -2.12. The molecule has 0 saturated heterocycles. The third-order valence-electron chi connectivity index (χ3n) is 0.681. The second kappa shape index (κ2) is 2.04. The van der Waals surface area contributed by atoms with E-state index >= 15 is 0 Å². The molecule has 0 aliphatic heterocycles. The number of ether oxygens (including phenoxy) is 1. The highest BCUT2D eigenvalue weighted by atomic mass is 16.6. The molecule has 0 aromatic rings. The van der Waals surface area contributed by atoms with Gasteiger partial charge < -0.3 is 15.3 Å². The Balaban J connectivity index is 3.58. The van der Waals surface area contributed by atoms with E-state index in [1.54, 1.807) is 0 Å². The Morgan fingerprint density at radius 2 is 2.29 bits per heavy atom. The molecule has 3 heteroatoms. The van der Waals surface area contributed by atoms with Gasteiger partial charge in [0.15, 0.2) is 5.79 Å². The van der Waals surface area contributed by atoms with Crippen LogP contribution in [0.5, 0.6) is 0 Å². The van der Waals surface area contributed by atoms with E-state index in [0.29, 0.717) is 0 Å². The standard InChI is InChI=1S/C4H9NO2/c1-4(6,3-5)7-2/h3,5-6H,1-2H3. The fraction of sp³-hybridized carbons (Fsp3) is 0.750. The van der Waals surface area contributed by atoms with Crippen LogP contribution in [0.4, 0.5) is 0 Å². The number of methoxy groups -OCH3 is 1. The van der Waals surface area contributed by atoms with E-state index in [4.69, 9.17) is 10.5 Å². The van der Waals surface area contributed by atoms with Crippen LogP contribution in [0.1, 0.15) is 6.92 Å². The van der Waals surface area contributed by atoms with Crippen LogP contribution in [-0.2, 0) is 4.74 Å². The Bertz CT molecular complexity index is 70.1. The average Bonchev–Trinajstić information content (AvgIpc) is 1.68. The van der Waals surface area contributed by atoms with Crippen molar-refractivity contribution in [3.63, 3.8) is 0 Å². The van der Waals surface area contributed by atoms with Gasteiger partial charge in [0.25, 0.3) is 0 Å². The van der Waals surface area contributed by atoms with E-state index in [1.807, 2.05) is 0 Å². The highest BCUT2D eigenvalue weighted by Gasteiger charge is 2.12. The quantitative estimate of drug-likeness (QED) is 0.381. The van der Waals surface area contributed by atoms with Gasteiger partial charge in [0, 0.05) is 7.11 Å². The summed E-state index contributed by atoms with van der Waals surface area (Å²) in [7, 11) is 1.34. The summed E-state index contributed by atoms with van der Waals surface area (Å²) < 4.78 is 4.40. The lowest BCUT2D eigenvalue weighted by atomic mass is 10.4. The smallest absolute Gasteiger partial charge is 0.198 e. The molecule has 0 fully saturated rings. The Kier molecular flexibility index (Phi) is 1.92. The minimum Gasteiger partial charge on any atom is -0.361 e. The minimum absolute atomic E-state index is 0.826. The molecule has 0 aromatic heterocycles. The van der Waals surface area contributed by atoms with Crippen molar-refractivity contribution >= 4 is 6.21 Å². The van der Waals surface area contributed by atoms with Gasteiger partial charge in [-0.1, -0.05) is 0 Å². The fourth-order valence-corrected chi connectivity index (χ4v) is 0.0589. The van der Waals surface area contributed by atoms with Crippen LogP contribution >= 0.6 is 0 Å². The summed E-state index contributed by atoms with van der Waals surface area (Å²) in [4.78, 5) is 0. The Morgan fingerprint density at radius 1 is 1.86 bits per heavy atom. The SMILES string of the molecule is COC(C)(O)C=N. The van der Waals surface area contributed by atoms with Gasteiger partial charge in [-0.15, -0.1) is 0 Å². The highest BCUT2D eigenvalue weighted by molar-refractivity contribution is 5.61. The van der Waals surface area contributed by atoms with Gasteiger partial charge in [-0.25, -0.2) is 0 Å². The monoisotopic (exact) mass is 103 g/mol. The van der Waals surface area contributed by atoms with Crippen molar-refractivity contribution in [2.24, 2.45) is 0 Å². The summed E-state index contributed by atoms with van der Waals surface area (Å²) in [6.45, 7) is 1.39. The molecule has 42 valence electrons. The number of nitrogens with one attached hydrogen (secondary N) is 1. The number of rotatable bonds is 2. The largest absolute Gasteiger partial charge is 0.361 e. The molecule has 0 rings (SSSR count). The van der Waals surface area contributed by atoms with Gasteiger partial charge in [-0.2, -0.15) is 0 Å². The van der Waals surface area contributed by atoms with E-state index in [2.05, 4.69) is 4.74 Å². The van der Waals surface area contributed by atoms with Gasteiger partial charge in [-0.3, -0.25) is 0 Å². The average molecular weight is 103 g/mol. The lowest BCUT2D eigenvalue weighted by molar-refractivity contribution is -0.109. The molecule has 1 atom stereocenters. The third kappa shape index (κ3) is 2.31. The molecule has 2 N–H and O–H groups in total. The van der Waals surface area contributed by atoms with Gasteiger partial charge >= 0.3 is 0 Å². The molecule has 0 heterocycles. The van der Waals surface area contributed by atoms with E-state index in [9.17, 15) is 0 Å². The maximum atomic E-state index is 8.67. The van der Waals surface area contributed by atoms with Crippen LogP contribution in [0.2, 0.25) is 0 Å². The van der Waals surface area contributed by atoms with Gasteiger partial charge in [-0.05, 0) is 6.92 Å². The highest BCUT2D eigenvalue weighted by Crippen LogP contribution is 1.95. The van der Waals surface area contributed by atoms with Crippen LogP contribution in [0.25, 0.3) is 0 Å². The van der Waals surface area contributed by atoms with Gasteiger partial charge in [0.05, 0.1) is 6.21 Å². The van der Waals surface area contributed by atoms with E-state index in [-0.39, 0.29) is 0 Å². The molecule has 0 saturated carbocycles. The lowest BCUT2D eigenvalue weighted by Crippen LogP contribution is -2.27. The summed E-state index contributed by atoms with van der Waals surface area (Å²) in [6.07, 6.45) is 0.826. The zero-order valence-electron chi connectivity index (χ0n) is 4.43. The van der Waals surface area contributed by atoms with Crippen LogP contribution in [0.15, 0.2) is 0 Å². The zero-order valence-corrected chi connectivity index (χ0v) is 4.43. The van der Waals surface area contributed by atoms with Crippen molar-refractivity contribution < 1.29 is 9.84 Å². The predicted molar refractivity (Wildman–Crippen MR) is 26.4 cm³/mol. The molecule has 0 amide bonds. The van der Waals surface area contributed by atoms with Crippen LogP contribution in [0.3, 0.4) is 0 Å². The molecule has 0 radical (unpaired) electrons. The maximum absolute atomic E-state index is 8.67. The Hall–Kier alpha value is -0.410. The molecular weight excluding hydrogens is 94.0 g/mol. The van der Waals surface area contributed by atoms with Crippen molar-refractivity contribution in [2.75, 3.05) is 7.11 Å². The second-order valence-electron chi connectivity index (χ2n) is 1.40. The third-order valence-corrected chi connectivity index (χ3v) is 0.681. The van der Waals surface area contributed by atoms with Crippen molar-refractivity contribution in [3.8, 4) is 0 Å². The van der Waals surface area contributed by atoms with Gasteiger partial charge in [0.2, 0.25) is 0 Å². The van der Waals surface area contributed by atoms with Crippen molar-refractivity contribution in [3.05, 3.63) is 0 Å². The molecule has 0 aliphatic carbocycles. The van der Waals surface area contributed by atoms with Crippen molar-refractivity contribution in [1.82, 2.24) is 0 Å². The van der Waals surface area contributed by atoms with Crippen LogP contribution in [0, 0.1) is 5.41 Å². The topological polar surface area (TPSA) is 53.3 Å². The summed E-state index contributed by atoms with van der Waals surface area (Å²) >= 11 is 0. The predicted octanol–water partition coefficient (Wildman–Crippen LogP) is -0.00913. The number of hydrogen-bond donors (Lipinski definition) is 2. The molecule has 0 bridgehead atoms. The fourth-order valence-electron chi connectivity index (χ4n) is 0.0589. The minimum atomic E-state index is -1.38. The molecule has 1 unspecified atom stereocenters. The summed E-state index contributed by atoms with van der Waals surface area (Å²) in [5.41, 5.74) is 0. The summed E-state index contributed by atoms with van der Waals surface area (Å²) in [6, 6.07) is 0. The maximum Gasteiger partial charge on any atom is 0.198 e. The number of hydrogen-bond acceptors (Lipinski definition) is 3. The summed E-state index contributed by atoms with van der Waals surface area (Å²) in [5.74, 6) is -1.38. The first-order valence-electron chi connectivity index (χ1n) is 1.91.